The molecule has 1 heterocycles. The molecule has 0 saturated heterocycles. The summed E-state index contributed by atoms with van der Waals surface area (Å²) in [5.74, 6) is 0.555. The molecule has 0 atom stereocenters. The van der Waals surface area contributed by atoms with Crippen molar-refractivity contribution in [2.75, 3.05) is 12.4 Å². The van der Waals surface area contributed by atoms with Gasteiger partial charge in [0, 0.05) is 27.8 Å². The number of ether oxygens (including phenoxy) is 1. The maximum atomic E-state index is 12.5. The van der Waals surface area contributed by atoms with Crippen LogP contribution in [0.4, 0.5) is 5.69 Å². The second kappa shape index (κ2) is 8.06. The molecule has 138 valence electrons. The summed E-state index contributed by atoms with van der Waals surface area (Å²) >= 11 is 1.61. The summed E-state index contributed by atoms with van der Waals surface area (Å²) < 4.78 is 5.13. The number of aromatic nitrogens is 1. The van der Waals surface area contributed by atoms with Crippen LogP contribution in [-0.2, 0) is 0 Å². The van der Waals surface area contributed by atoms with Crippen LogP contribution in [0.25, 0.3) is 21.8 Å². The second-order valence-corrected chi connectivity index (χ2v) is 7.03. The van der Waals surface area contributed by atoms with Crippen molar-refractivity contribution in [3.05, 3.63) is 89.8 Å². The lowest BCUT2D eigenvalue weighted by molar-refractivity contribution is 0.102. The van der Waals surface area contributed by atoms with E-state index in [0.717, 1.165) is 33.3 Å². The number of methoxy groups -OCH3 is 1. The molecule has 28 heavy (non-hydrogen) atoms. The highest BCUT2D eigenvalue weighted by Crippen LogP contribution is 2.30. The van der Waals surface area contributed by atoms with Gasteiger partial charge in [0.05, 0.1) is 12.8 Å². The highest BCUT2D eigenvalue weighted by Gasteiger charge is 2.09. The molecule has 4 rings (SSSR count). The van der Waals surface area contributed by atoms with Crippen molar-refractivity contribution in [3.63, 3.8) is 0 Å². The van der Waals surface area contributed by atoms with E-state index in [1.807, 2.05) is 60.0 Å². The van der Waals surface area contributed by atoms with Crippen molar-refractivity contribution in [3.8, 4) is 27.6 Å². The first-order chi connectivity index (χ1) is 13.7. The van der Waals surface area contributed by atoms with Crippen LogP contribution in [0.5, 0.6) is 5.75 Å². The Morgan fingerprint density at radius 3 is 2.43 bits per heavy atom. The summed E-state index contributed by atoms with van der Waals surface area (Å²) in [5, 5.41) is 5.95. The first-order valence-electron chi connectivity index (χ1n) is 8.80. The highest BCUT2D eigenvalue weighted by molar-refractivity contribution is 7.13. The van der Waals surface area contributed by atoms with Crippen LogP contribution in [0.3, 0.4) is 0 Å². The van der Waals surface area contributed by atoms with Crippen molar-refractivity contribution in [2.45, 2.75) is 0 Å². The van der Waals surface area contributed by atoms with Gasteiger partial charge >= 0.3 is 0 Å². The standard InChI is InChI=1S/C23H18N2O2S/c1-27-20-12-10-16(11-13-20)22(26)24-19-9-5-8-18(14-19)21-15-28-23(25-21)17-6-3-2-4-7-17/h2-15H,1H3,(H,24,26). The minimum Gasteiger partial charge on any atom is -0.497 e. The van der Waals surface area contributed by atoms with Gasteiger partial charge in [-0.2, -0.15) is 0 Å². The number of hydrogen-bond acceptors (Lipinski definition) is 4. The van der Waals surface area contributed by atoms with E-state index in [2.05, 4.69) is 5.32 Å². The van der Waals surface area contributed by atoms with Crippen LogP contribution < -0.4 is 10.1 Å². The lowest BCUT2D eigenvalue weighted by Gasteiger charge is -2.07. The van der Waals surface area contributed by atoms with E-state index in [1.165, 1.54) is 0 Å². The van der Waals surface area contributed by atoms with E-state index in [0.29, 0.717) is 5.56 Å². The number of nitrogens with one attached hydrogen (secondary N) is 1. The fourth-order valence-electron chi connectivity index (χ4n) is 2.82. The number of carbonyl (C=O) groups excluding carboxylic acids is 1. The van der Waals surface area contributed by atoms with Crippen LogP contribution in [-0.4, -0.2) is 18.0 Å². The van der Waals surface area contributed by atoms with Crippen molar-refractivity contribution >= 4 is 22.9 Å². The summed E-state index contributed by atoms with van der Waals surface area (Å²) in [6.45, 7) is 0. The molecule has 0 fully saturated rings. The molecular formula is C23H18N2O2S. The quantitative estimate of drug-likeness (QED) is 0.476. The normalized spacial score (nSPS) is 10.5. The molecule has 5 heteroatoms. The lowest BCUT2D eigenvalue weighted by atomic mass is 10.1. The Morgan fingerprint density at radius 1 is 0.929 bits per heavy atom. The van der Waals surface area contributed by atoms with Gasteiger partial charge in [0.1, 0.15) is 10.8 Å². The topological polar surface area (TPSA) is 51.2 Å². The van der Waals surface area contributed by atoms with Gasteiger partial charge in [-0.15, -0.1) is 11.3 Å². The smallest absolute Gasteiger partial charge is 0.255 e. The van der Waals surface area contributed by atoms with Gasteiger partial charge in [-0.25, -0.2) is 4.98 Å². The zero-order valence-corrected chi connectivity index (χ0v) is 16.1. The molecule has 0 bridgehead atoms. The molecule has 1 aromatic heterocycles. The third-order valence-electron chi connectivity index (χ3n) is 4.29. The molecule has 3 aromatic carbocycles. The van der Waals surface area contributed by atoms with Crippen LogP contribution in [0, 0.1) is 0 Å². The van der Waals surface area contributed by atoms with Crippen molar-refractivity contribution in [2.24, 2.45) is 0 Å². The molecular weight excluding hydrogens is 368 g/mol. The van der Waals surface area contributed by atoms with E-state index in [4.69, 9.17) is 9.72 Å². The first-order valence-corrected chi connectivity index (χ1v) is 9.68. The Hall–Kier alpha value is -3.44. The molecule has 0 saturated carbocycles. The highest BCUT2D eigenvalue weighted by atomic mass is 32.1. The second-order valence-electron chi connectivity index (χ2n) is 6.17. The minimum absolute atomic E-state index is 0.164. The van der Waals surface area contributed by atoms with E-state index >= 15 is 0 Å². The van der Waals surface area contributed by atoms with Gasteiger partial charge < -0.3 is 10.1 Å². The number of thiazole rings is 1. The fraction of sp³-hybridized carbons (Fsp3) is 0.0435. The number of nitrogens with zero attached hydrogens (tertiary/aromatic N) is 1. The Labute approximate surface area is 167 Å². The summed E-state index contributed by atoms with van der Waals surface area (Å²) in [4.78, 5) is 17.2. The molecule has 0 aliphatic heterocycles. The Balaban J connectivity index is 1.53. The van der Waals surface area contributed by atoms with E-state index < -0.39 is 0 Å². The molecule has 1 amide bonds. The van der Waals surface area contributed by atoms with Gasteiger partial charge in [0.2, 0.25) is 0 Å². The molecule has 0 radical (unpaired) electrons. The number of hydrogen-bond donors (Lipinski definition) is 1. The van der Waals surface area contributed by atoms with Crippen LogP contribution >= 0.6 is 11.3 Å². The molecule has 4 nitrogen and oxygen atoms in total. The van der Waals surface area contributed by atoms with E-state index in [-0.39, 0.29) is 5.91 Å². The number of rotatable bonds is 5. The van der Waals surface area contributed by atoms with Crippen molar-refractivity contribution < 1.29 is 9.53 Å². The van der Waals surface area contributed by atoms with Gasteiger partial charge in [0.25, 0.3) is 5.91 Å². The largest absolute Gasteiger partial charge is 0.497 e. The number of anilines is 1. The Bertz CT molecular complexity index is 1090. The summed E-state index contributed by atoms with van der Waals surface area (Å²) in [6.07, 6.45) is 0. The number of amides is 1. The molecule has 4 aromatic rings. The lowest BCUT2D eigenvalue weighted by Crippen LogP contribution is -2.11. The van der Waals surface area contributed by atoms with Gasteiger partial charge in [-0.1, -0.05) is 42.5 Å². The predicted octanol–water partition coefficient (Wildman–Crippen LogP) is 5.74. The first kappa shape index (κ1) is 17.9. The van der Waals surface area contributed by atoms with E-state index in [1.54, 1.807) is 42.7 Å². The zero-order chi connectivity index (χ0) is 19.3. The third-order valence-corrected chi connectivity index (χ3v) is 5.18. The molecule has 0 aliphatic rings. The minimum atomic E-state index is -0.164. The van der Waals surface area contributed by atoms with Crippen molar-refractivity contribution in [1.82, 2.24) is 4.98 Å². The SMILES string of the molecule is COc1ccc(C(=O)Nc2cccc(-c3csc(-c4ccccc4)n3)c2)cc1. The maximum absolute atomic E-state index is 12.5. The number of benzene rings is 3. The summed E-state index contributed by atoms with van der Waals surface area (Å²) in [5.41, 5.74) is 4.26. The van der Waals surface area contributed by atoms with Crippen molar-refractivity contribution in [1.29, 1.82) is 0 Å². The summed E-state index contributed by atoms with van der Waals surface area (Å²) in [6, 6.07) is 24.8. The zero-order valence-electron chi connectivity index (χ0n) is 15.3. The molecule has 1 N–H and O–H groups in total. The third kappa shape index (κ3) is 3.94. The van der Waals surface area contributed by atoms with Gasteiger partial charge in [0.15, 0.2) is 0 Å². The van der Waals surface area contributed by atoms with Crippen LogP contribution in [0.2, 0.25) is 0 Å². The monoisotopic (exact) mass is 386 g/mol. The van der Waals surface area contributed by atoms with E-state index in [9.17, 15) is 4.79 Å². The van der Waals surface area contributed by atoms with Gasteiger partial charge in [-0.05, 0) is 36.4 Å². The number of carbonyl (C=O) groups is 1. The Kier molecular flexibility index (Phi) is 5.17. The molecule has 0 unspecified atom stereocenters. The predicted molar refractivity (Wildman–Crippen MR) is 114 cm³/mol. The van der Waals surface area contributed by atoms with Gasteiger partial charge in [-0.3, -0.25) is 4.79 Å². The average molecular weight is 386 g/mol. The average Bonchev–Trinajstić information content (AvgIpc) is 3.25. The van der Waals surface area contributed by atoms with Crippen LogP contribution in [0.15, 0.2) is 84.2 Å². The summed E-state index contributed by atoms with van der Waals surface area (Å²) in [7, 11) is 1.60. The maximum Gasteiger partial charge on any atom is 0.255 e. The van der Waals surface area contributed by atoms with Crippen LogP contribution in [0.1, 0.15) is 10.4 Å². The molecule has 0 aliphatic carbocycles. The fourth-order valence-corrected chi connectivity index (χ4v) is 3.66. The Morgan fingerprint density at radius 2 is 1.68 bits per heavy atom. The molecule has 0 spiro atoms.